The fourth-order valence-corrected chi connectivity index (χ4v) is 5.12. The summed E-state index contributed by atoms with van der Waals surface area (Å²) in [7, 11) is 0. The number of nitrogens with zero attached hydrogens (tertiary/aromatic N) is 5. The first kappa shape index (κ1) is 27.3. The van der Waals surface area contributed by atoms with E-state index in [4.69, 9.17) is 4.42 Å². The lowest BCUT2D eigenvalue weighted by Gasteiger charge is -2.36. The van der Waals surface area contributed by atoms with Crippen molar-refractivity contribution in [1.82, 2.24) is 15.1 Å². The van der Waals surface area contributed by atoms with E-state index in [0.717, 1.165) is 21.9 Å². The van der Waals surface area contributed by atoms with Crippen molar-refractivity contribution in [2.45, 2.75) is 5.22 Å². The van der Waals surface area contributed by atoms with Crippen molar-refractivity contribution in [3.8, 4) is 11.5 Å². The summed E-state index contributed by atoms with van der Waals surface area (Å²) in [5, 5.41) is 21.7. The summed E-state index contributed by atoms with van der Waals surface area (Å²) in [6.07, 6.45) is 0. The second-order valence-corrected chi connectivity index (χ2v) is 10.7. The van der Waals surface area contributed by atoms with Crippen molar-refractivity contribution in [1.29, 1.82) is 0 Å². The average molecular weight is 623 g/mol. The van der Waals surface area contributed by atoms with Gasteiger partial charge in [-0.15, -0.1) is 10.2 Å². The van der Waals surface area contributed by atoms with Crippen LogP contribution in [0.15, 0.2) is 86.9 Å². The van der Waals surface area contributed by atoms with E-state index in [-0.39, 0.29) is 34.4 Å². The lowest BCUT2D eigenvalue weighted by Crippen LogP contribution is -2.48. The third-order valence-corrected chi connectivity index (χ3v) is 7.52. The Hall–Kier alpha value is -4.23. The third-order valence-electron chi connectivity index (χ3n) is 6.21. The molecule has 1 aliphatic rings. The summed E-state index contributed by atoms with van der Waals surface area (Å²) in [6.45, 7) is 2.69. The van der Waals surface area contributed by atoms with Gasteiger partial charge in [0.2, 0.25) is 11.8 Å². The molecule has 5 rings (SSSR count). The summed E-state index contributed by atoms with van der Waals surface area (Å²) in [6, 6.07) is 20.8. The topological polar surface area (TPSA) is 135 Å². The lowest BCUT2D eigenvalue weighted by molar-refractivity contribution is -0.384. The highest BCUT2D eigenvalue weighted by Crippen LogP contribution is 2.26. The van der Waals surface area contributed by atoms with E-state index in [1.165, 1.54) is 24.3 Å². The minimum Gasteiger partial charge on any atom is -0.411 e. The highest BCUT2D eigenvalue weighted by atomic mass is 79.9. The Balaban J connectivity index is 1.08. The van der Waals surface area contributed by atoms with E-state index in [1.807, 2.05) is 53.4 Å². The van der Waals surface area contributed by atoms with Crippen LogP contribution in [-0.2, 0) is 4.79 Å². The van der Waals surface area contributed by atoms with Crippen LogP contribution in [0.5, 0.6) is 0 Å². The summed E-state index contributed by atoms with van der Waals surface area (Å²) in [5.74, 6) is 0.0803. The molecule has 1 N–H and O–H groups in total. The summed E-state index contributed by atoms with van der Waals surface area (Å²) in [4.78, 5) is 39.6. The van der Waals surface area contributed by atoms with Gasteiger partial charge in [-0.25, -0.2) is 0 Å². The molecule has 0 unspecified atom stereocenters. The zero-order chi connectivity index (χ0) is 28.1. The van der Waals surface area contributed by atoms with Gasteiger partial charge in [-0.2, -0.15) is 0 Å². The Morgan fingerprint density at radius 3 is 2.40 bits per heavy atom. The van der Waals surface area contributed by atoms with Crippen molar-refractivity contribution >= 4 is 56.6 Å². The van der Waals surface area contributed by atoms with Gasteiger partial charge >= 0.3 is 0 Å². The largest absolute Gasteiger partial charge is 0.411 e. The highest BCUT2D eigenvalue weighted by Gasteiger charge is 2.22. The molecule has 2 heterocycles. The van der Waals surface area contributed by atoms with Gasteiger partial charge in [-0.05, 0) is 54.6 Å². The highest BCUT2D eigenvalue weighted by molar-refractivity contribution is 9.10. The van der Waals surface area contributed by atoms with Crippen molar-refractivity contribution in [3.63, 3.8) is 0 Å². The molecule has 0 radical (unpaired) electrons. The molecule has 0 saturated carbocycles. The number of hydrogen-bond acceptors (Lipinski definition) is 9. The number of carbonyl (C=O) groups excluding carboxylic acids is 2. The summed E-state index contributed by atoms with van der Waals surface area (Å²) in [5.41, 5.74) is 2.87. The fourth-order valence-electron chi connectivity index (χ4n) is 4.16. The molecule has 204 valence electrons. The molecule has 0 spiro atoms. The van der Waals surface area contributed by atoms with Crippen LogP contribution in [-0.4, -0.2) is 63.8 Å². The monoisotopic (exact) mass is 622 g/mol. The van der Waals surface area contributed by atoms with Gasteiger partial charge in [0, 0.05) is 65.3 Å². The predicted molar refractivity (Wildman–Crippen MR) is 154 cm³/mol. The molecule has 0 aliphatic carbocycles. The smallest absolute Gasteiger partial charge is 0.277 e. The fraction of sp³-hybridized carbons (Fsp3) is 0.185. The van der Waals surface area contributed by atoms with Crippen LogP contribution in [0.25, 0.3) is 11.5 Å². The molecule has 2 amide bonds. The number of aromatic nitrogens is 2. The molecule has 1 fully saturated rings. The van der Waals surface area contributed by atoms with Gasteiger partial charge in [0.15, 0.2) is 0 Å². The molecule has 3 aromatic carbocycles. The minimum absolute atomic E-state index is 0.0278. The molecule has 1 aromatic heterocycles. The van der Waals surface area contributed by atoms with E-state index in [1.54, 1.807) is 0 Å². The Bertz CT molecular complexity index is 1520. The van der Waals surface area contributed by atoms with E-state index in [2.05, 4.69) is 36.3 Å². The molecule has 1 aliphatic heterocycles. The maximum Gasteiger partial charge on any atom is 0.277 e. The zero-order valence-corrected chi connectivity index (χ0v) is 23.4. The van der Waals surface area contributed by atoms with E-state index in [9.17, 15) is 19.7 Å². The summed E-state index contributed by atoms with van der Waals surface area (Å²) < 4.78 is 6.45. The minimum atomic E-state index is -0.484. The molecular weight excluding hydrogens is 600 g/mol. The van der Waals surface area contributed by atoms with Crippen LogP contribution in [0.2, 0.25) is 0 Å². The van der Waals surface area contributed by atoms with E-state index >= 15 is 0 Å². The van der Waals surface area contributed by atoms with Gasteiger partial charge in [-0.1, -0.05) is 33.8 Å². The number of hydrogen-bond donors (Lipinski definition) is 1. The Labute approximate surface area is 241 Å². The van der Waals surface area contributed by atoms with Crippen molar-refractivity contribution in [3.05, 3.63) is 92.9 Å². The first-order chi connectivity index (χ1) is 19.4. The number of nitro groups is 1. The standard InChI is InChI=1S/C27H23BrN6O5S/c28-20-3-1-2-19(16-20)26(36)33-14-12-32(13-15-33)22-10-6-21(7-11-22)29-24(35)17-40-27-31-30-25(39-27)18-4-8-23(9-5-18)34(37)38/h1-11,16H,12-15,17H2,(H,29,35). The molecule has 40 heavy (non-hydrogen) atoms. The number of nitro benzene ring substituents is 1. The number of benzene rings is 3. The Morgan fingerprint density at radius 1 is 1.00 bits per heavy atom. The predicted octanol–water partition coefficient (Wildman–Crippen LogP) is 5.10. The van der Waals surface area contributed by atoms with Gasteiger partial charge < -0.3 is 19.5 Å². The molecular formula is C27H23BrN6O5S. The van der Waals surface area contributed by atoms with Crippen molar-refractivity contribution < 1.29 is 18.9 Å². The number of non-ortho nitro benzene ring substituents is 1. The SMILES string of the molecule is O=C(CSc1nnc(-c2ccc([N+](=O)[O-])cc2)o1)Nc1ccc(N2CCN(C(=O)c3cccc(Br)c3)CC2)cc1. The molecule has 13 heteroatoms. The van der Waals surface area contributed by atoms with Crippen molar-refractivity contribution in [2.75, 3.05) is 42.1 Å². The number of amides is 2. The normalized spacial score (nSPS) is 13.2. The maximum atomic E-state index is 12.8. The van der Waals surface area contributed by atoms with Gasteiger partial charge in [-0.3, -0.25) is 19.7 Å². The Kier molecular flexibility index (Phi) is 8.41. The van der Waals surface area contributed by atoms with Gasteiger partial charge in [0.25, 0.3) is 16.8 Å². The second-order valence-electron chi connectivity index (χ2n) is 8.85. The van der Waals surface area contributed by atoms with E-state index in [0.29, 0.717) is 43.0 Å². The quantitative estimate of drug-likeness (QED) is 0.162. The lowest BCUT2D eigenvalue weighted by atomic mass is 10.1. The third kappa shape index (κ3) is 6.66. The first-order valence-electron chi connectivity index (χ1n) is 12.3. The van der Waals surface area contributed by atoms with Gasteiger partial charge in [0.1, 0.15) is 0 Å². The van der Waals surface area contributed by atoms with Crippen LogP contribution < -0.4 is 10.2 Å². The number of piperazine rings is 1. The Morgan fingerprint density at radius 2 is 1.73 bits per heavy atom. The summed E-state index contributed by atoms with van der Waals surface area (Å²) >= 11 is 4.51. The average Bonchev–Trinajstić information content (AvgIpc) is 3.45. The molecule has 0 bridgehead atoms. The number of nitrogens with one attached hydrogen (secondary N) is 1. The van der Waals surface area contributed by atoms with Crippen LogP contribution in [0.1, 0.15) is 10.4 Å². The molecule has 11 nitrogen and oxygen atoms in total. The number of carbonyl (C=O) groups is 2. The first-order valence-corrected chi connectivity index (χ1v) is 14.0. The van der Waals surface area contributed by atoms with Crippen LogP contribution in [0, 0.1) is 10.1 Å². The number of halogens is 1. The zero-order valence-electron chi connectivity index (χ0n) is 21.0. The molecule has 4 aromatic rings. The van der Waals surface area contributed by atoms with Crippen LogP contribution in [0.4, 0.5) is 17.1 Å². The van der Waals surface area contributed by atoms with Crippen LogP contribution in [0.3, 0.4) is 0 Å². The van der Waals surface area contributed by atoms with Crippen LogP contribution >= 0.6 is 27.7 Å². The molecule has 1 saturated heterocycles. The number of rotatable bonds is 8. The van der Waals surface area contributed by atoms with Crippen molar-refractivity contribution in [2.24, 2.45) is 0 Å². The number of thioether (sulfide) groups is 1. The van der Waals surface area contributed by atoms with Gasteiger partial charge in [0.05, 0.1) is 10.7 Å². The second kappa shape index (κ2) is 12.3. The maximum absolute atomic E-state index is 12.8. The van der Waals surface area contributed by atoms with E-state index < -0.39 is 4.92 Å². The molecule has 0 atom stereocenters. The number of anilines is 2.